The quantitative estimate of drug-likeness (QED) is 0.724. The molecule has 0 aliphatic heterocycles. The molecule has 24 heavy (non-hydrogen) atoms. The average molecular weight is 324 g/mol. The minimum absolute atomic E-state index is 0.218. The van der Waals surface area contributed by atoms with E-state index in [9.17, 15) is 4.79 Å². The van der Waals surface area contributed by atoms with E-state index in [0.717, 1.165) is 11.3 Å². The molecule has 7 nitrogen and oxygen atoms in total. The Kier molecular flexibility index (Phi) is 4.71. The summed E-state index contributed by atoms with van der Waals surface area (Å²) in [6, 6.07) is 14.3. The van der Waals surface area contributed by atoms with Gasteiger partial charge in [0, 0.05) is 12.1 Å². The van der Waals surface area contributed by atoms with Gasteiger partial charge in [-0.15, -0.1) is 10.2 Å². The second-order valence-corrected chi connectivity index (χ2v) is 4.90. The molecule has 1 amide bonds. The lowest BCUT2D eigenvalue weighted by atomic mass is 10.2. The van der Waals surface area contributed by atoms with Crippen LogP contribution in [0.25, 0.3) is 0 Å². The van der Waals surface area contributed by atoms with Crippen LogP contribution < -0.4 is 15.4 Å². The highest BCUT2D eigenvalue weighted by atomic mass is 16.5. The third kappa shape index (κ3) is 3.70. The molecule has 2 heterocycles. The molecule has 7 heteroatoms. The van der Waals surface area contributed by atoms with Crippen LogP contribution in [0.15, 0.2) is 59.2 Å². The minimum Gasteiger partial charge on any atom is -0.496 e. The smallest absolute Gasteiger partial charge is 0.292 e. The number of rotatable bonds is 6. The lowest BCUT2D eigenvalue weighted by Crippen LogP contribution is -2.13. The van der Waals surface area contributed by atoms with E-state index in [1.807, 2.05) is 24.3 Å². The largest absolute Gasteiger partial charge is 0.496 e. The van der Waals surface area contributed by atoms with E-state index in [2.05, 4.69) is 20.8 Å². The van der Waals surface area contributed by atoms with Crippen molar-refractivity contribution in [2.45, 2.75) is 6.54 Å². The van der Waals surface area contributed by atoms with Gasteiger partial charge < -0.3 is 19.8 Å². The van der Waals surface area contributed by atoms with Crippen LogP contribution in [0.2, 0.25) is 0 Å². The maximum Gasteiger partial charge on any atom is 0.292 e. The molecule has 3 rings (SSSR count). The number of carbonyl (C=O) groups excluding carboxylic acids is 1. The third-order valence-electron chi connectivity index (χ3n) is 3.30. The zero-order valence-electron chi connectivity index (χ0n) is 13.0. The number of nitrogens with zero attached hydrogens (tertiary/aromatic N) is 2. The second-order valence-electron chi connectivity index (χ2n) is 4.90. The molecule has 122 valence electrons. The zero-order valence-corrected chi connectivity index (χ0v) is 13.0. The Labute approximate surface area is 138 Å². The summed E-state index contributed by atoms with van der Waals surface area (Å²) in [5, 5.41) is 13.8. The predicted molar refractivity (Wildman–Crippen MR) is 89.0 cm³/mol. The standard InChI is InChI=1S/C17H16N4O3/c1-23-13-6-3-2-5-12(13)11-18-15-8-9-16(21-20-15)19-17(22)14-7-4-10-24-14/h2-10H,11H2,1H3,(H,18,20)(H,19,21,22). The molecule has 2 aromatic heterocycles. The number of hydrogen-bond donors (Lipinski definition) is 2. The fraction of sp³-hybridized carbons (Fsp3) is 0.118. The van der Waals surface area contributed by atoms with Crippen molar-refractivity contribution in [3.8, 4) is 5.75 Å². The molecule has 0 atom stereocenters. The molecule has 0 radical (unpaired) electrons. The number of ether oxygens (including phenoxy) is 1. The van der Waals surface area contributed by atoms with Crippen molar-refractivity contribution in [2.24, 2.45) is 0 Å². The van der Waals surface area contributed by atoms with Crippen molar-refractivity contribution in [3.05, 3.63) is 66.1 Å². The van der Waals surface area contributed by atoms with Crippen LogP contribution in [0, 0.1) is 0 Å². The van der Waals surface area contributed by atoms with E-state index in [1.54, 1.807) is 31.4 Å². The van der Waals surface area contributed by atoms with Crippen LogP contribution >= 0.6 is 0 Å². The van der Waals surface area contributed by atoms with Gasteiger partial charge in [0.25, 0.3) is 5.91 Å². The monoisotopic (exact) mass is 324 g/mol. The highest BCUT2D eigenvalue weighted by Gasteiger charge is 2.09. The van der Waals surface area contributed by atoms with E-state index in [1.165, 1.54) is 6.26 Å². The average Bonchev–Trinajstić information content (AvgIpc) is 3.16. The Balaban J connectivity index is 1.59. The molecule has 0 saturated carbocycles. The van der Waals surface area contributed by atoms with Gasteiger partial charge in [0.1, 0.15) is 11.6 Å². The molecule has 0 aliphatic rings. The van der Waals surface area contributed by atoms with Crippen LogP contribution in [0.4, 0.5) is 11.6 Å². The number of methoxy groups -OCH3 is 1. The molecule has 0 unspecified atom stereocenters. The van der Waals surface area contributed by atoms with Gasteiger partial charge in [0.15, 0.2) is 11.6 Å². The van der Waals surface area contributed by atoms with Crippen molar-refractivity contribution in [3.63, 3.8) is 0 Å². The summed E-state index contributed by atoms with van der Waals surface area (Å²) in [6.07, 6.45) is 1.44. The topological polar surface area (TPSA) is 89.3 Å². The number of furan rings is 1. The number of benzene rings is 1. The van der Waals surface area contributed by atoms with Gasteiger partial charge in [-0.2, -0.15) is 0 Å². The first-order valence-electron chi connectivity index (χ1n) is 7.30. The number of carbonyl (C=O) groups is 1. The van der Waals surface area contributed by atoms with Gasteiger partial charge in [0.2, 0.25) is 0 Å². The van der Waals surface area contributed by atoms with Gasteiger partial charge in [-0.3, -0.25) is 4.79 Å². The van der Waals surface area contributed by atoms with Gasteiger partial charge >= 0.3 is 0 Å². The first-order valence-corrected chi connectivity index (χ1v) is 7.30. The highest BCUT2D eigenvalue weighted by Crippen LogP contribution is 2.18. The number of amides is 1. The fourth-order valence-electron chi connectivity index (χ4n) is 2.11. The molecule has 1 aromatic carbocycles. The van der Waals surface area contributed by atoms with Gasteiger partial charge in [-0.1, -0.05) is 18.2 Å². The number of hydrogen-bond acceptors (Lipinski definition) is 6. The maximum absolute atomic E-state index is 11.8. The van der Waals surface area contributed by atoms with Gasteiger partial charge in [-0.05, 0) is 30.3 Å². The fourth-order valence-corrected chi connectivity index (χ4v) is 2.11. The number of para-hydroxylation sites is 1. The minimum atomic E-state index is -0.371. The van der Waals surface area contributed by atoms with Crippen LogP contribution in [-0.2, 0) is 6.54 Å². The molecular formula is C17H16N4O3. The Morgan fingerprint density at radius 1 is 1.08 bits per heavy atom. The molecule has 0 aliphatic carbocycles. The van der Waals surface area contributed by atoms with Crippen LogP contribution in [-0.4, -0.2) is 23.2 Å². The summed E-state index contributed by atoms with van der Waals surface area (Å²) in [5.41, 5.74) is 1.01. The van der Waals surface area contributed by atoms with E-state index in [4.69, 9.17) is 9.15 Å². The molecule has 0 spiro atoms. The third-order valence-corrected chi connectivity index (χ3v) is 3.30. The Hall–Kier alpha value is -3.35. The number of aromatic nitrogens is 2. The van der Waals surface area contributed by atoms with Crippen molar-refractivity contribution < 1.29 is 13.9 Å². The second kappa shape index (κ2) is 7.28. The zero-order chi connectivity index (χ0) is 16.8. The van der Waals surface area contributed by atoms with Crippen molar-refractivity contribution in [2.75, 3.05) is 17.7 Å². The summed E-state index contributed by atoms with van der Waals surface area (Å²) in [5.74, 6) is 1.59. The molecule has 0 fully saturated rings. The Morgan fingerprint density at radius 2 is 1.88 bits per heavy atom. The predicted octanol–water partition coefficient (Wildman–Crippen LogP) is 2.94. The summed E-state index contributed by atoms with van der Waals surface area (Å²) < 4.78 is 10.3. The van der Waals surface area contributed by atoms with E-state index < -0.39 is 0 Å². The number of nitrogens with one attached hydrogen (secondary N) is 2. The first kappa shape index (κ1) is 15.5. The number of anilines is 2. The van der Waals surface area contributed by atoms with Crippen molar-refractivity contribution in [1.82, 2.24) is 10.2 Å². The lowest BCUT2D eigenvalue weighted by Gasteiger charge is -2.09. The SMILES string of the molecule is COc1ccccc1CNc1ccc(NC(=O)c2ccco2)nn1. The summed E-state index contributed by atoms with van der Waals surface area (Å²) in [6.45, 7) is 0.552. The van der Waals surface area contributed by atoms with Gasteiger partial charge in [0.05, 0.1) is 13.4 Å². The van der Waals surface area contributed by atoms with Crippen LogP contribution in [0.3, 0.4) is 0 Å². The Bertz CT molecular complexity index is 801. The van der Waals surface area contributed by atoms with Crippen LogP contribution in [0.5, 0.6) is 5.75 Å². The maximum atomic E-state index is 11.8. The molecule has 0 bridgehead atoms. The van der Waals surface area contributed by atoms with Crippen LogP contribution in [0.1, 0.15) is 16.1 Å². The summed E-state index contributed by atoms with van der Waals surface area (Å²) in [7, 11) is 1.63. The molecular weight excluding hydrogens is 308 g/mol. The normalized spacial score (nSPS) is 10.2. The molecule has 3 aromatic rings. The summed E-state index contributed by atoms with van der Waals surface area (Å²) >= 11 is 0. The van der Waals surface area contributed by atoms with E-state index in [0.29, 0.717) is 18.2 Å². The first-order chi connectivity index (χ1) is 11.8. The molecule has 2 N–H and O–H groups in total. The highest BCUT2D eigenvalue weighted by molar-refractivity contribution is 6.01. The van der Waals surface area contributed by atoms with E-state index >= 15 is 0 Å². The van der Waals surface area contributed by atoms with Crippen molar-refractivity contribution >= 4 is 17.5 Å². The lowest BCUT2D eigenvalue weighted by molar-refractivity contribution is 0.0996. The van der Waals surface area contributed by atoms with Gasteiger partial charge in [-0.25, -0.2) is 0 Å². The molecule has 0 saturated heterocycles. The Morgan fingerprint density at radius 3 is 2.58 bits per heavy atom. The van der Waals surface area contributed by atoms with E-state index in [-0.39, 0.29) is 11.7 Å². The van der Waals surface area contributed by atoms with Crippen molar-refractivity contribution in [1.29, 1.82) is 0 Å². The summed E-state index contributed by atoms with van der Waals surface area (Å²) in [4.78, 5) is 11.8.